The fraction of sp³-hybridized carbons (Fsp3) is 0.286. The fourth-order valence-corrected chi connectivity index (χ4v) is 0.660. The molecule has 54 valence electrons. The Bertz CT molecular complexity index is 203. The van der Waals surface area contributed by atoms with Gasteiger partial charge in [0.15, 0.2) is 0 Å². The highest BCUT2D eigenvalue weighted by Crippen LogP contribution is 1.99. The molecule has 0 aliphatic rings. The quantitative estimate of drug-likeness (QED) is 0.650. The first-order valence-electron chi connectivity index (χ1n) is 3.06. The van der Waals surface area contributed by atoms with E-state index in [1.54, 1.807) is 25.4 Å². The molecule has 0 aliphatic carbocycles. The Morgan fingerprint density at radius 2 is 2.60 bits per heavy atom. The molecule has 1 amide bonds. The van der Waals surface area contributed by atoms with Crippen LogP contribution in [0.5, 0.6) is 0 Å². The van der Waals surface area contributed by atoms with Crippen molar-refractivity contribution in [3.63, 3.8) is 0 Å². The van der Waals surface area contributed by atoms with Gasteiger partial charge in [-0.05, 0) is 12.1 Å². The number of furan rings is 1. The summed E-state index contributed by atoms with van der Waals surface area (Å²) in [5.41, 5.74) is 0. The van der Waals surface area contributed by atoms with Crippen molar-refractivity contribution in [2.45, 2.75) is 6.42 Å². The lowest BCUT2D eigenvalue weighted by Gasteiger charge is -1.93. The monoisotopic (exact) mass is 139 g/mol. The molecule has 3 heteroatoms. The van der Waals surface area contributed by atoms with E-state index in [1.165, 1.54) is 0 Å². The molecule has 1 N–H and O–H groups in total. The van der Waals surface area contributed by atoms with E-state index in [0.29, 0.717) is 12.2 Å². The van der Waals surface area contributed by atoms with Crippen molar-refractivity contribution in [1.29, 1.82) is 0 Å². The minimum Gasteiger partial charge on any atom is -0.469 e. The van der Waals surface area contributed by atoms with Gasteiger partial charge >= 0.3 is 0 Å². The molecular formula is C7H9NO2. The van der Waals surface area contributed by atoms with E-state index in [0.717, 1.165) is 0 Å². The Kier molecular flexibility index (Phi) is 2.10. The lowest BCUT2D eigenvalue weighted by atomic mass is 10.3. The van der Waals surface area contributed by atoms with Gasteiger partial charge < -0.3 is 9.73 Å². The molecule has 1 aromatic heterocycles. The van der Waals surface area contributed by atoms with Crippen LogP contribution in [0.2, 0.25) is 0 Å². The minimum atomic E-state index is -0.0325. The third-order valence-corrected chi connectivity index (χ3v) is 1.19. The summed E-state index contributed by atoms with van der Waals surface area (Å²) in [6.45, 7) is 0. The summed E-state index contributed by atoms with van der Waals surface area (Å²) >= 11 is 0. The van der Waals surface area contributed by atoms with Crippen molar-refractivity contribution in [2.75, 3.05) is 7.05 Å². The predicted molar refractivity (Wildman–Crippen MR) is 36.5 cm³/mol. The second-order valence-electron chi connectivity index (χ2n) is 1.93. The van der Waals surface area contributed by atoms with Gasteiger partial charge in [-0.1, -0.05) is 0 Å². The molecule has 0 unspecified atom stereocenters. The largest absolute Gasteiger partial charge is 0.469 e. The average molecular weight is 139 g/mol. The number of hydrogen-bond donors (Lipinski definition) is 1. The second-order valence-corrected chi connectivity index (χ2v) is 1.93. The van der Waals surface area contributed by atoms with Gasteiger partial charge in [0.25, 0.3) is 0 Å². The van der Waals surface area contributed by atoms with Gasteiger partial charge in [0.05, 0.1) is 12.7 Å². The molecule has 0 atom stereocenters. The van der Waals surface area contributed by atoms with E-state index in [9.17, 15) is 4.79 Å². The summed E-state index contributed by atoms with van der Waals surface area (Å²) in [5.74, 6) is 0.661. The van der Waals surface area contributed by atoms with Crippen LogP contribution in [0, 0.1) is 0 Å². The Labute approximate surface area is 59.0 Å². The summed E-state index contributed by atoms with van der Waals surface area (Å²) in [4.78, 5) is 10.7. The molecule has 0 aliphatic heterocycles. The van der Waals surface area contributed by atoms with Crippen molar-refractivity contribution < 1.29 is 9.21 Å². The van der Waals surface area contributed by atoms with E-state index in [-0.39, 0.29) is 5.91 Å². The van der Waals surface area contributed by atoms with Crippen LogP contribution in [-0.2, 0) is 11.2 Å². The summed E-state index contributed by atoms with van der Waals surface area (Å²) in [5, 5.41) is 2.50. The maximum absolute atomic E-state index is 10.7. The van der Waals surface area contributed by atoms with Crippen LogP contribution in [0.1, 0.15) is 5.76 Å². The molecule has 0 radical (unpaired) electrons. The summed E-state index contributed by atoms with van der Waals surface area (Å²) in [6.07, 6.45) is 1.88. The average Bonchev–Trinajstić information content (AvgIpc) is 2.40. The van der Waals surface area contributed by atoms with Gasteiger partial charge in [0.1, 0.15) is 5.76 Å². The molecule has 0 saturated carbocycles. The van der Waals surface area contributed by atoms with E-state index in [4.69, 9.17) is 4.42 Å². The fourth-order valence-electron chi connectivity index (χ4n) is 0.660. The lowest BCUT2D eigenvalue weighted by Crippen LogP contribution is -2.19. The number of amides is 1. The van der Waals surface area contributed by atoms with E-state index >= 15 is 0 Å². The van der Waals surface area contributed by atoms with E-state index < -0.39 is 0 Å². The molecule has 0 saturated heterocycles. The highest BCUT2D eigenvalue weighted by molar-refractivity contribution is 5.77. The molecule has 0 spiro atoms. The molecule has 0 bridgehead atoms. The van der Waals surface area contributed by atoms with Crippen LogP contribution >= 0.6 is 0 Å². The maximum atomic E-state index is 10.7. The van der Waals surface area contributed by atoms with Crippen molar-refractivity contribution in [1.82, 2.24) is 5.32 Å². The molecule has 0 fully saturated rings. The van der Waals surface area contributed by atoms with Crippen LogP contribution in [-0.4, -0.2) is 13.0 Å². The van der Waals surface area contributed by atoms with Gasteiger partial charge in [0.2, 0.25) is 5.91 Å². The van der Waals surface area contributed by atoms with Gasteiger partial charge in [0, 0.05) is 7.05 Å². The van der Waals surface area contributed by atoms with Crippen LogP contribution in [0.3, 0.4) is 0 Å². The summed E-state index contributed by atoms with van der Waals surface area (Å²) in [7, 11) is 1.60. The Hall–Kier alpha value is -1.25. The highest BCUT2D eigenvalue weighted by atomic mass is 16.3. The summed E-state index contributed by atoms with van der Waals surface area (Å²) < 4.78 is 4.95. The number of hydrogen-bond acceptors (Lipinski definition) is 2. The third-order valence-electron chi connectivity index (χ3n) is 1.19. The van der Waals surface area contributed by atoms with Crippen molar-refractivity contribution >= 4 is 5.91 Å². The molecule has 3 nitrogen and oxygen atoms in total. The van der Waals surface area contributed by atoms with Gasteiger partial charge in [-0.25, -0.2) is 0 Å². The maximum Gasteiger partial charge on any atom is 0.227 e. The smallest absolute Gasteiger partial charge is 0.227 e. The first-order chi connectivity index (χ1) is 4.83. The number of rotatable bonds is 2. The number of carbonyl (C=O) groups is 1. The van der Waals surface area contributed by atoms with Gasteiger partial charge in [-0.2, -0.15) is 0 Å². The number of likely N-dealkylation sites (N-methyl/N-ethyl adjacent to an activating group) is 1. The zero-order chi connectivity index (χ0) is 7.40. The van der Waals surface area contributed by atoms with E-state index in [2.05, 4.69) is 5.32 Å². The van der Waals surface area contributed by atoms with E-state index in [1.807, 2.05) is 0 Å². The Morgan fingerprint density at radius 3 is 3.10 bits per heavy atom. The van der Waals surface area contributed by atoms with Crippen molar-refractivity contribution in [3.8, 4) is 0 Å². The molecule has 1 aromatic rings. The molecular weight excluding hydrogens is 130 g/mol. The first-order valence-corrected chi connectivity index (χ1v) is 3.06. The second kappa shape index (κ2) is 3.06. The van der Waals surface area contributed by atoms with Crippen LogP contribution in [0.25, 0.3) is 0 Å². The van der Waals surface area contributed by atoms with Crippen LogP contribution < -0.4 is 5.32 Å². The normalized spacial score (nSPS) is 9.30. The Morgan fingerprint density at radius 1 is 1.80 bits per heavy atom. The number of carbonyl (C=O) groups excluding carboxylic acids is 1. The first kappa shape index (κ1) is 6.86. The lowest BCUT2D eigenvalue weighted by molar-refractivity contribution is -0.120. The zero-order valence-electron chi connectivity index (χ0n) is 5.76. The topological polar surface area (TPSA) is 42.2 Å². The van der Waals surface area contributed by atoms with Crippen LogP contribution in [0.15, 0.2) is 22.8 Å². The third kappa shape index (κ3) is 1.62. The SMILES string of the molecule is CNC(=O)Cc1ccco1. The van der Waals surface area contributed by atoms with Gasteiger partial charge in [-0.3, -0.25) is 4.79 Å². The molecule has 1 rings (SSSR count). The molecule has 1 heterocycles. The van der Waals surface area contributed by atoms with Crippen molar-refractivity contribution in [3.05, 3.63) is 24.2 Å². The van der Waals surface area contributed by atoms with Crippen molar-refractivity contribution in [2.24, 2.45) is 0 Å². The minimum absolute atomic E-state index is 0.0325. The van der Waals surface area contributed by atoms with Gasteiger partial charge in [-0.15, -0.1) is 0 Å². The van der Waals surface area contributed by atoms with Crippen LogP contribution in [0.4, 0.5) is 0 Å². The summed E-state index contributed by atoms with van der Waals surface area (Å²) in [6, 6.07) is 3.54. The molecule has 0 aromatic carbocycles. The standard InChI is InChI=1S/C7H9NO2/c1-8-7(9)5-6-3-2-4-10-6/h2-4H,5H2,1H3,(H,8,9). The highest BCUT2D eigenvalue weighted by Gasteiger charge is 2.00. The predicted octanol–water partition coefficient (Wildman–Crippen LogP) is 0.568. The number of nitrogens with one attached hydrogen (secondary N) is 1. The molecule has 10 heavy (non-hydrogen) atoms. The zero-order valence-corrected chi connectivity index (χ0v) is 5.76. The Balaban J connectivity index is 2.48.